The maximum absolute atomic E-state index is 11.7. The molecule has 23 heavy (non-hydrogen) atoms. The molecule has 2 rings (SSSR count). The first-order valence-electron chi connectivity index (χ1n) is 7.15. The third kappa shape index (κ3) is 3.68. The highest BCUT2D eigenvalue weighted by molar-refractivity contribution is 7.73. The number of benzene rings is 1. The van der Waals surface area contributed by atoms with Gasteiger partial charge >= 0.3 is 5.97 Å². The maximum atomic E-state index is 11.7. The van der Waals surface area contributed by atoms with Crippen LogP contribution in [0.15, 0.2) is 29.3 Å². The van der Waals surface area contributed by atoms with Crippen LogP contribution in [0, 0.1) is 3.95 Å². The predicted molar refractivity (Wildman–Crippen MR) is 94.8 cm³/mol. The quantitative estimate of drug-likeness (QED) is 0.490. The van der Waals surface area contributed by atoms with Crippen LogP contribution in [0.2, 0.25) is 0 Å². The fourth-order valence-electron chi connectivity index (χ4n) is 2.05. The van der Waals surface area contributed by atoms with Crippen molar-refractivity contribution in [3.8, 4) is 5.88 Å². The van der Waals surface area contributed by atoms with Crippen LogP contribution in [0.4, 0.5) is 5.69 Å². The summed E-state index contributed by atoms with van der Waals surface area (Å²) in [5, 5.41) is 10.3. The fraction of sp³-hybridized carbons (Fsp3) is 0.312. The second-order valence-corrected chi connectivity index (χ2v) is 6.63. The molecule has 5 nitrogen and oxygen atoms in total. The van der Waals surface area contributed by atoms with Crippen LogP contribution in [0.5, 0.6) is 5.88 Å². The minimum Gasteiger partial charge on any atom is -0.493 e. The van der Waals surface area contributed by atoms with Crippen LogP contribution in [0.3, 0.4) is 0 Å². The van der Waals surface area contributed by atoms with Crippen LogP contribution in [-0.4, -0.2) is 29.0 Å². The largest absolute Gasteiger partial charge is 0.493 e. The summed E-state index contributed by atoms with van der Waals surface area (Å²) in [6, 6.07) is 7.00. The van der Waals surface area contributed by atoms with E-state index in [-0.39, 0.29) is 11.9 Å². The molecule has 2 aromatic rings. The van der Waals surface area contributed by atoms with Gasteiger partial charge in [-0.15, -0.1) is 0 Å². The summed E-state index contributed by atoms with van der Waals surface area (Å²) in [7, 11) is 1.33. The van der Waals surface area contributed by atoms with Gasteiger partial charge in [-0.05, 0) is 37.7 Å². The van der Waals surface area contributed by atoms with Crippen molar-refractivity contribution in [1.29, 1.82) is 0 Å². The molecule has 7 heteroatoms. The lowest BCUT2D eigenvalue weighted by Gasteiger charge is -2.11. The van der Waals surface area contributed by atoms with Crippen molar-refractivity contribution in [2.24, 2.45) is 4.99 Å². The van der Waals surface area contributed by atoms with E-state index in [1.807, 2.05) is 13.8 Å². The SMILES string of the molecule is CC[C@@H](C)n1c(O)c(C=Nc2ccccc2C(=O)OC)sc1=S. The Labute approximate surface area is 143 Å². The van der Waals surface area contributed by atoms with Gasteiger partial charge in [-0.2, -0.15) is 0 Å². The molecular weight excluding hydrogens is 332 g/mol. The molecule has 0 spiro atoms. The Morgan fingerprint density at radius 1 is 1.52 bits per heavy atom. The number of thiazole rings is 1. The van der Waals surface area contributed by atoms with E-state index in [9.17, 15) is 9.90 Å². The van der Waals surface area contributed by atoms with Crippen molar-refractivity contribution >= 4 is 41.4 Å². The molecule has 0 saturated carbocycles. The molecule has 0 saturated heterocycles. The van der Waals surface area contributed by atoms with E-state index in [0.717, 1.165) is 6.42 Å². The molecule has 0 fully saturated rings. The first-order valence-corrected chi connectivity index (χ1v) is 8.37. The van der Waals surface area contributed by atoms with E-state index >= 15 is 0 Å². The minimum atomic E-state index is -0.452. The summed E-state index contributed by atoms with van der Waals surface area (Å²) in [6.07, 6.45) is 2.39. The van der Waals surface area contributed by atoms with E-state index in [2.05, 4.69) is 4.99 Å². The number of carbonyl (C=O) groups is 1. The maximum Gasteiger partial charge on any atom is 0.340 e. The molecule has 1 aromatic carbocycles. The number of ether oxygens (including phenoxy) is 1. The molecule has 0 radical (unpaired) electrons. The lowest BCUT2D eigenvalue weighted by Crippen LogP contribution is -2.03. The third-order valence-electron chi connectivity index (χ3n) is 3.50. The van der Waals surface area contributed by atoms with E-state index in [1.54, 1.807) is 28.8 Å². The Kier molecular flexibility index (Phi) is 5.68. The first kappa shape index (κ1) is 17.4. The monoisotopic (exact) mass is 350 g/mol. The highest BCUT2D eigenvalue weighted by atomic mass is 32.1. The first-order chi connectivity index (χ1) is 11.0. The topological polar surface area (TPSA) is 63.8 Å². The Morgan fingerprint density at radius 2 is 2.22 bits per heavy atom. The van der Waals surface area contributed by atoms with Gasteiger partial charge in [0, 0.05) is 6.04 Å². The van der Waals surface area contributed by atoms with Crippen LogP contribution in [-0.2, 0) is 4.74 Å². The lowest BCUT2D eigenvalue weighted by atomic mass is 10.2. The normalized spacial score (nSPS) is 12.5. The van der Waals surface area contributed by atoms with Crippen molar-refractivity contribution in [2.45, 2.75) is 26.3 Å². The number of methoxy groups -OCH3 is 1. The third-order valence-corrected chi connectivity index (χ3v) is 4.83. The summed E-state index contributed by atoms with van der Waals surface area (Å²) in [6.45, 7) is 4.03. The average molecular weight is 350 g/mol. The summed E-state index contributed by atoms with van der Waals surface area (Å²) >= 11 is 6.59. The Bertz CT molecular complexity index is 793. The number of hydrogen-bond donors (Lipinski definition) is 1. The number of hydrogen-bond acceptors (Lipinski definition) is 6. The average Bonchev–Trinajstić information content (AvgIpc) is 2.85. The predicted octanol–water partition coefficient (Wildman–Crippen LogP) is 4.49. The van der Waals surface area contributed by atoms with Crippen molar-refractivity contribution in [3.05, 3.63) is 38.7 Å². The van der Waals surface area contributed by atoms with Gasteiger partial charge in [0.15, 0.2) is 3.95 Å². The molecule has 122 valence electrons. The zero-order valence-electron chi connectivity index (χ0n) is 13.1. The van der Waals surface area contributed by atoms with E-state index in [4.69, 9.17) is 17.0 Å². The number of carbonyl (C=O) groups excluding carboxylic acids is 1. The summed E-state index contributed by atoms with van der Waals surface area (Å²) < 4.78 is 7.05. The van der Waals surface area contributed by atoms with Crippen molar-refractivity contribution in [2.75, 3.05) is 7.11 Å². The number of nitrogens with zero attached hydrogens (tertiary/aromatic N) is 2. The second-order valence-electron chi connectivity index (χ2n) is 4.95. The zero-order chi connectivity index (χ0) is 17.0. The van der Waals surface area contributed by atoms with Crippen molar-refractivity contribution < 1.29 is 14.6 Å². The number of aliphatic imine (C=N–C) groups is 1. The Balaban J connectivity index is 2.39. The number of aromatic hydroxyl groups is 1. The summed E-state index contributed by atoms with van der Waals surface area (Å²) in [4.78, 5) is 16.6. The lowest BCUT2D eigenvalue weighted by molar-refractivity contribution is 0.0601. The fourth-order valence-corrected chi connectivity index (χ4v) is 3.43. The van der Waals surface area contributed by atoms with Crippen LogP contribution < -0.4 is 0 Å². The highest BCUT2D eigenvalue weighted by Crippen LogP contribution is 2.30. The molecule has 0 bridgehead atoms. The number of para-hydroxylation sites is 1. The van der Waals surface area contributed by atoms with Gasteiger partial charge in [0.05, 0.1) is 24.6 Å². The molecule has 0 aliphatic rings. The van der Waals surface area contributed by atoms with Gasteiger partial charge in [0.2, 0.25) is 5.88 Å². The summed E-state index contributed by atoms with van der Waals surface area (Å²) in [5.74, 6) is -0.347. The minimum absolute atomic E-state index is 0.105. The number of aromatic nitrogens is 1. The molecule has 0 unspecified atom stereocenters. The van der Waals surface area contributed by atoms with Gasteiger partial charge < -0.3 is 9.84 Å². The van der Waals surface area contributed by atoms with Crippen molar-refractivity contribution in [1.82, 2.24) is 4.57 Å². The highest BCUT2D eigenvalue weighted by Gasteiger charge is 2.15. The smallest absolute Gasteiger partial charge is 0.340 e. The van der Waals surface area contributed by atoms with Crippen LogP contribution in [0.25, 0.3) is 0 Å². The standard InChI is InChI=1S/C16H18N2O3S2/c1-4-10(2)18-14(19)13(23-16(18)22)9-17-12-8-6-5-7-11(12)15(20)21-3/h5-10,19H,4H2,1-3H3/t10-/m1/s1. The Morgan fingerprint density at radius 3 is 2.87 bits per heavy atom. The number of esters is 1. The van der Waals surface area contributed by atoms with Crippen molar-refractivity contribution in [3.63, 3.8) is 0 Å². The van der Waals surface area contributed by atoms with E-state index in [1.165, 1.54) is 24.7 Å². The number of rotatable bonds is 5. The van der Waals surface area contributed by atoms with Gasteiger partial charge in [0.25, 0.3) is 0 Å². The molecule has 1 heterocycles. The molecule has 0 aliphatic heterocycles. The Hall–Kier alpha value is -1.99. The molecule has 1 N–H and O–H groups in total. The molecular formula is C16H18N2O3S2. The zero-order valence-corrected chi connectivity index (χ0v) is 14.8. The van der Waals surface area contributed by atoms with Gasteiger partial charge in [0.1, 0.15) is 4.88 Å². The molecule has 0 amide bonds. The summed E-state index contributed by atoms with van der Waals surface area (Å²) in [5.41, 5.74) is 0.851. The second kappa shape index (κ2) is 7.52. The van der Waals surface area contributed by atoms with Gasteiger partial charge in [-0.25, -0.2) is 4.79 Å². The van der Waals surface area contributed by atoms with E-state index in [0.29, 0.717) is 20.1 Å². The molecule has 1 atom stereocenters. The van der Waals surface area contributed by atoms with Gasteiger partial charge in [-0.1, -0.05) is 30.4 Å². The van der Waals surface area contributed by atoms with E-state index < -0.39 is 5.97 Å². The van der Waals surface area contributed by atoms with Gasteiger partial charge in [-0.3, -0.25) is 9.56 Å². The van der Waals surface area contributed by atoms with Crippen LogP contribution in [0.1, 0.15) is 41.5 Å². The molecule has 0 aliphatic carbocycles. The van der Waals surface area contributed by atoms with Crippen LogP contribution >= 0.6 is 23.6 Å². The molecule has 1 aromatic heterocycles.